The predicted octanol–water partition coefficient (Wildman–Crippen LogP) is 2.79. The quantitative estimate of drug-likeness (QED) is 0.482. The Labute approximate surface area is 156 Å². The van der Waals surface area contributed by atoms with E-state index in [1.807, 2.05) is 0 Å². The molecule has 27 heavy (non-hydrogen) atoms. The summed E-state index contributed by atoms with van der Waals surface area (Å²) in [5.41, 5.74) is 1.57. The molecule has 1 fully saturated rings. The first kappa shape index (κ1) is 18.6. The highest BCUT2D eigenvalue weighted by Crippen LogP contribution is 2.25. The first-order valence-corrected chi connectivity index (χ1v) is 9.80. The monoisotopic (exact) mass is 387 g/mol. The van der Waals surface area contributed by atoms with Crippen LogP contribution in [0.1, 0.15) is 12.0 Å². The van der Waals surface area contributed by atoms with Gasteiger partial charge in [-0.2, -0.15) is 0 Å². The number of rotatable bonds is 5. The van der Waals surface area contributed by atoms with Crippen LogP contribution in [0.3, 0.4) is 0 Å². The van der Waals surface area contributed by atoms with Gasteiger partial charge in [-0.15, -0.1) is 0 Å². The third-order valence-corrected chi connectivity index (χ3v) is 5.90. The zero-order chi connectivity index (χ0) is 19.4. The molecule has 3 rings (SSSR count). The average molecular weight is 387 g/mol. The Bertz CT molecular complexity index is 1000. The summed E-state index contributed by atoms with van der Waals surface area (Å²) < 4.78 is 25.2. The van der Waals surface area contributed by atoms with Crippen molar-refractivity contribution in [1.82, 2.24) is 0 Å². The van der Waals surface area contributed by atoms with E-state index in [0.29, 0.717) is 29.9 Å². The molecule has 0 spiro atoms. The van der Waals surface area contributed by atoms with E-state index in [1.165, 1.54) is 28.6 Å². The predicted molar refractivity (Wildman–Crippen MR) is 103 cm³/mol. The van der Waals surface area contributed by atoms with Crippen molar-refractivity contribution in [3.8, 4) is 0 Å². The van der Waals surface area contributed by atoms with Gasteiger partial charge in [0.25, 0.3) is 5.69 Å². The summed E-state index contributed by atoms with van der Waals surface area (Å²) in [4.78, 5) is 22.3. The molecule has 1 saturated heterocycles. The largest absolute Gasteiger partial charge is 0.323 e. The number of nitro groups is 1. The number of non-ortho nitro benzene ring substituents is 1. The molecule has 0 saturated carbocycles. The van der Waals surface area contributed by atoms with Crippen LogP contribution in [-0.2, 0) is 14.8 Å². The second kappa shape index (κ2) is 7.58. The third-order valence-electron chi connectivity index (χ3n) is 4.03. The molecule has 0 aliphatic carbocycles. The fourth-order valence-corrected chi connectivity index (χ4v) is 4.30. The topological polar surface area (TPSA) is 110 Å². The Morgan fingerprint density at radius 3 is 2.56 bits per heavy atom. The van der Waals surface area contributed by atoms with Crippen LogP contribution in [0.2, 0.25) is 0 Å². The number of anilines is 2. The van der Waals surface area contributed by atoms with Crippen LogP contribution in [0.4, 0.5) is 17.1 Å². The fraction of sp³-hybridized carbons (Fsp3) is 0.167. The first-order valence-electron chi connectivity index (χ1n) is 8.19. The molecule has 0 bridgehead atoms. The number of carbonyl (C=O) groups excluding carboxylic acids is 1. The number of hydrogen-bond acceptors (Lipinski definition) is 5. The number of amides is 1. The van der Waals surface area contributed by atoms with Crippen molar-refractivity contribution >= 4 is 39.1 Å². The summed E-state index contributed by atoms with van der Waals surface area (Å²) >= 11 is 0. The standard InChI is InChI=1S/C18H17N3O5S/c22-18(10-5-14-3-1-4-17(13-14)21(23)24)19-15-6-8-16(9-7-15)20-11-2-12-27(20,25)26/h1,3-10,13H,2,11-12H2,(H,19,22)/b10-5+. The van der Waals surface area contributed by atoms with Gasteiger partial charge in [-0.25, -0.2) is 8.42 Å². The number of sulfonamides is 1. The van der Waals surface area contributed by atoms with Gasteiger partial charge in [0.2, 0.25) is 15.9 Å². The third kappa shape index (κ3) is 4.50. The van der Waals surface area contributed by atoms with Crippen molar-refractivity contribution in [1.29, 1.82) is 0 Å². The minimum Gasteiger partial charge on any atom is -0.323 e. The highest BCUT2D eigenvalue weighted by atomic mass is 32.2. The average Bonchev–Trinajstić information content (AvgIpc) is 3.00. The van der Waals surface area contributed by atoms with Gasteiger partial charge in [-0.05, 0) is 42.3 Å². The SMILES string of the molecule is O=C(/C=C/c1cccc([N+](=O)[O-])c1)Nc1ccc(N2CCCS2(=O)=O)cc1. The molecule has 0 aromatic heterocycles. The molecule has 1 heterocycles. The summed E-state index contributed by atoms with van der Waals surface area (Å²) in [6, 6.07) is 12.5. The molecule has 2 aromatic rings. The molecule has 2 aromatic carbocycles. The lowest BCUT2D eigenvalue weighted by Gasteiger charge is -2.17. The fourth-order valence-electron chi connectivity index (χ4n) is 2.74. The van der Waals surface area contributed by atoms with Gasteiger partial charge < -0.3 is 5.32 Å². The van der Waals surface area contributed by atoms with Crippen LogP contribution < -0.4 is 9.62 Å². The molecule has 140 valence electrons. The van der Waals surface area contributed by atoms with E-state index in [-0.39, 0.29) is 11.4 Å². The lowest BCUT2D eigenvalue weighted by molar-refractivity contribution is -0.384. The molecule has 1 N–H and O–H groups in total. The van der Waals surface area contributed by atoms with Crippen molar-refractivity contribution in [2.45, 2.75) is 6.42 Å². The van der Waals surface area contributed by atoms with Gasteiger partial charge in [0.1, 0.15) is 0 Å². The maximum Gasteiger partial charge on any atom is 0.270 e. The zero-order valence-electron chi connectivity index (χ0n) is 14.2. The van der Waals surface area contributed by atoms with Crippen LogP contribution >= 0.6 is 0 Å². The maximum atomic E-state index is 12.0. The second-order valence-electron chi connectivity index (χ2n) is 5.96. The summed E-state index contributed by atoms with van der Waals surface area (Å²) in [5.74, 6) is -0.253. The van der Waals surface area contributed by atoms with E-state index in [2.05, 4.69) is 5.32 Å². The van der Waals surface area contributed by atoms with E-state index in [1.54, 1.807) is 36.4 Å². The van der Waals surface area contributed by atoms with Crippen molar-refractivity contribution in [2.24, 2.45) is 0 Å². The molecule has 9 heteroatoms. The Morgan fingerprint density at radius 2 is 1.93 bits per heavy atom. The van der Waals surface area contributed by atoms with E-state index in [0.717, 1.165) is 0 Å². The second-order valence-corrected chi connectivity index (χ2v) is 7.98. The normalized spacial score (nSPS) is 15.8. The summed E-state index contributed by atoms with van der Waals surface area (Å²) in [5, 5.41) is 13.4. The van der Waals surface area contributed by atoms with Gasteiger partial charge in [-0.3, -0.25) is 19.2 Å². The Morgan fingerprint density at radius 1 is 1.19 bits per heavy atom. The molecule has 1 aliphatic rings. The minimum atomic E-state index is -3.24. The number of nitro benzene ring substituents is 1. The first-order chi connectivity index (χ1) is 12.8. The van der Waals surface area contributed by atoms with Crippen LogP contribution in [0.25, 0.3) is 6.08 Å². The van der Waals surface area contributed by atoms with Gasteiger partial charge >= 0.3 is 0 Å². The van der Waals surface area contributed by atoms with Crippen LogP contribution in [0, 0.1) is 10.1 Å². The van der Waals surface area contributed by atoms with Crippen molar-refractivity contribution in [3.63, 3.8) is 0 Å². The zero-order valence-corrected chi connectivity index (χ0v) is 15.1. The molecule has 8 nitrogen and oxygen atoms in total. The van der Waals surface area contributed by atoms with Gasteiger partial charge in [0.15, 0.2) is 0 Å². The molecule has 0 atom stereocenters. The highest BCUT2D eigenvalue weighted by Gasteiger charge is 2.28. The van der Waals surface area contributed by atoms with Crippen molar-refractivity contribution in [3.05, 3.63) is 70.3 Å². The van der Waals surface area contributed by atoms with E-state index in [4.69, 9.17) is 0 Å². The van der Waals surface area contributed by atoms with Crippen molar-refractivity contribution < 1.29 is 18.1 Å². The molecule has 1 amide bonds. The number of carbonyl (C=O) groups is 1. The minimum absolute atomic E-state index is 0.0509. The van der Waals surface area contributed by atoms with Crippen LogP contribution in [-0.4, -0.2) is 31.5 Å². The number of benzene rings is 2. The van der Waals surface area contributed by atoms with Gasteiger partial charge in [-0.1, -0.05) is 12.1 Å². The lowest BCUT2D eigenvalue weighted by Crippen LogP contribution is -2.24. The highest BCUT2D eigenvalue weighted by molar-refractivity contribution is 7.93. The maximum absolute atomic E-state index is 12.0. The Balaban J connectivity index is 1.64. The smallest absolute Gasteiger partial charge is 0.270 e. The van der Waals surface area contributed by atoms with Crippen LogP contribution in [0.5, 0.6) is 0 Å². The number of nitrogens with one attached hydrogen (secondary N) is 1. The number of nitrogens with zero attached hydrogens (tertiary/aromatic N) is 2. The van der Waals surface area contributed by atoms with E-state index < -0.39 is 20.9 Å². The lowest BCUT2D eigenvalue weighted by atomic mass is 10.2. The van der Waals surface area contributed by atoms with E-state index >= 15 is 0 Å². The summed E-state index contributed by atoms with van der Waals surface area (Å²) in [7, 11) is -3.24. The van der Waals surface area contributed by atoms with Gasteiger partial charge in [0.05, 0.1) is 16.4 Å². The molecule has 1 aliphatic heterocycles. The Kier molecular flexibility index (Phi) is 5.22. The summed E-state index contributed by atoms with van der Waals surface area (Å²) in [6.45, 7) is 0.458. The van der Waals surface area contributed by atoms with Crippen LogP contribution in [0.15, 0.2) is 54.6 Å². The van der Waals surface area contributed by atoms with E-state index in [9.17, 15) is 23.3 Å². The molecular formula is C18H17N3O5S. The number of hydrogen-bond donors (Lipinski definition) is 1. The molecule has 0 unspecified atom stereocenters. The molecule has 0 radical (unpaired) electrons. The summed E-state index contributed by atoms with van der Waals surface area (Å²) in [6.07, 6.45) is 3.36. The Hall–Kier alpha value is -3.20. The van der Waals surface area contributed by atoms with Crippen molar-refractivity contribution in [2.75, 3.05) is 21.9 Å². The molecular weight excluding hydrogens is 370 g/mol. The van der Waals surface area contributed by atoms with Gasteiger partial charge in [0, 0.05) is 30.4 Å².